The summed E-state index contributed by atoms with van der Waals surface area (Å²) in [5, 5.41) is 3.95. The average molecular weight is 193 g/mol. The number of hydrogen-bond donors (Lipinski definition) is 1. The fraction of sp³-hybridized carbons (Fsp3) is 1.00. The van der Waals surface area contributed by atoms with Gasteiger partial charge in [-0.25, -0.2) is 0 Å². The third-order valence-corrected chi connectivity index (χ3v) is 5.05. The lowest BCUT2D eigenvalue weighted by atomic mass is 9.79. The summed E-state index contributed by atoms with van der Waals surface area (Å²) >= 11 is 0. The third kappa shape index (κ3) is 1.41. The molecule has 1 nitrogen and oxygen atoms in total. The van der Waals surface area contributed by atoms with Gasteiger partial charge in [0, 0.05) is 12.1 Å². The van der Waals surface area contributed by atoms with Gasteiger partial charge in [0.15, 0.2) is 0 Å². The Morgan fingerprint density at radius 2 is 1.50 bits per heavy atom. The monoisotopic (exact) mass is 193 g/mol. The number of rotatable bonds is 2. The molecule has 3 aliphatic rings. The summed E-state index contributed by atoms with van der Waals surface area (Å²) in [4.78, 5) is 0. The molecule has 0 heterocycles. The lowest BCUT2D eigenvalue weighted by molar-refractivity contribution is 0.189. The molecule has 0 bridgehead atoms. The highest BCUT2D eigenvalue weighted by molar-refractivity contribution is 5.00. The van der Waals surface area contributed by atoms with E-state index in [1.54, 1.807) is 0 Å². The van der Waals surface area contributed by atoms with Crippen molar-refractivity contribution in [3.05, 3.63) is 0 Å². The standard InChI is InChI=1S/C13H23N/c1-2-9-13(8-1)10-4-7-12(13)14-11-5-3-6-11/h11-12,14H,1-10H2. The van der Waals surface area contributed by atoms with E-state index in [9.17, 15) is 0 Å². The molecule has 0 aromatic rings. The van der Waals surface area contributed by atoms with E-state index < -0.39 is 0 Å². The third-order valence-electron chi connectivity index (χ3n) is 5.05. The molecule has 0 aromatic heterocycles. The molecule has 1 unspecified atom stereocenters. The molecule has 1 spiro atoms. The van der Waals surface area contributed by atoms with E-state index in [1.165, 1.54) is 64.2 Å². The van der Waals surface area contributed by atoms with Crippen LogP contribution in [0, 0.1) is 5.41 Å². The van der Waals surface area contributed by atoms with Gasteiger partial charge in [-0.05, 0) is 43.9 Å². The van der Waals surface area contributed by atoms with Crippen molar-refractivity contribution in [3.8, 4) is 0 Å². The normalized spacial score (nSPS) is 36.4. The Kier molecular flexibility index (Phi) is 2.31. The minimum absolute atomic E-state index is 0.760. The van der Waals surface area contributed by atoms with E-state index in [4.69, 9.17) is 0 Å². The summed E-state index contributed by atoms with van der Waals surface area (Å²) in [7, 11) is 0. The maximum Gasteiger partial charge on any atom is 0.0126 e. The first-order valence-corrected chi connectivity index (χ1v) is 6.65. The van der Waals surface area contributed by atoms with Crippen molar-refractivity contribution in [1.29, 1.82) is 0 Å². The number of hydrogen-bond acceptors (Lipinski definition) is 1. The maximum atomic E-state index is 3.95. The van der Waals surface area contributed by atoms with Gasteiger partial charge in [-0.2, -0.15) is 0 Å². The van der Waals surface area contributed by atoms with E-state index in [0.29, 0.717) is 0 Å². The van der Waals surface area contributed by atoms with Crippen LogP contribution in [0.1, 0.15) is 64.2 Å². The predicted octanol–water partition coefficient (Wildman–Crippen LogP) is 3.24. The van der Waals surface area contributed by atoms with E-state index in [2.05, 4.69) is 5.32 Å². The number of nitrogens with one attached hydrogen (secondary N) is 1. The van der Waals surface area contributed by atoms with Gasteiger partial charge in [0.05, 0.1) is 0 Å². The highest BCUT2D eigenvalue weighted by Gasteiger charge is 2.45. The first-order chi connectivity index (χ1) is 6.89. The molecule has 14 heavy (non-hydrogen) atoms. The molecule has 0 aromatic carbocycles. The van der Waals surface area contributed by atoms with Crippen LogP contribution in [0.2, 0.25) is 0 Å². The summed E-state index contributed by atoms with van der Waals surface area (Å²) in [6.45, 7) is 0. The van der Waals surface area contributed by atoms with E-state index >= 15 is 0 Å². The zero-order valence-electron chi connectivity index (χ0n) is 9.23. The van der Waals surface area contributed by atoms with Crippen LogP contribution in [0.3, 0.4) is 0 Å². The van der Waals surface area contributed by atoms with E-state index in [-0.39, 0.29) is 0 Å². The van der Waals surface area contributed by atoms with E-state index in [1.807, 2.05) is 0 Å². The summed E-state index contributed by atoms with van der Waals surface area (Å²) in [5.74, 6) is 0. The minimum Gasteiger partial charge on any atom is -0.311 e. The topological polar surface area (TPSA) is 12.0 Å². The van der Waals surface area contributed by atoms with Crippen LogP contribution in [0.25, 0.3) is 0 Å². The van der Waals surface area contributed by atoms with Gasteiger partial charge in [0.1, 0.15) is 0 Å². The van der Waals surface area contributed by atoms with Gasteiger partial charge < -0.3 is 5.32 Å². The summed E-state index contributed by atoms with van der Waals surface area (Å²) in [6.07, 6.45) is 14.9. The molecule has 0 amide bonds. The molecular formula is C13H23N. The maximum absolute atomic E-state index is 3.95. The second-order valence-electron chi connectivity index (χ2n) is 5.81. The Morgan fingerprint density at radius 1 is 0.786 bits per heavy atom. The molecule has 3 fully saturated rings. The molecule has 3 aliphatic carbocycles. The van der Waals surface area contributed by atoms with Gasteiger partial charge >= 0.3 is 0 Å². The Morgan fingerprint density at radius 3 is 2.14 bits per heavy atom. The van der Waals surface area contributed by atoms with Crippen LogP contribution >= 0.6 is 0 Å². The first kappa shape index (κ1) is 9.21. The molecule has 0 radical (unpaired) electrons. The largest absolute Gasteiger partial charge is 0.311 e. The summed E-state index contributed by atoms with van der Waals surface area (Å²) in [5.41, 5.74) is 0.760. The van der Waals surface area contributed by atoms with Crippen molar-refractivity contribution < 1.29 is 0 Å². The van der Waals surface area contributed by atoms with Crippen molar-refractivity contribution in [2.75, 3.05) is 0 Å². The molecular weight excluding hydrogens is 170 g/mol. The molecule has 3 saturated carbocycles. The van der Waals surface area contributed by atoms with Crippen molar-refractivity contribution >= 4 is 0 Å². The van der Waals surface area contributed by atoms with Crippen LogP contribution in [-0.4, -0.2) is 12.1 Å². The average Bonchev–Trinajstić information content (AvgIpc) is 2.71. The predicted molar refractivity (Wildman–Crippen MR) is 59.3 cm³/mol. The minimum atomic E-state index is 0.760. The smallest absolute Gasteiger partial charge is 0.0126 e. The van der Waals surface area contributed by atoms with Gasteiger partial charge in [0.2, 0.25) is 0 Å². The quantitative estimate of drug-likeness (QED) is 0.710. The van der Waals surface area contributed by atoms with Gasteiger partial charge in [-0.15, -0.1) is 0 Å². The SMILES string of the molecule is C1CC(NC2CCCC23CCCC3)C1. The second-order valence-corrected chi connectivity index (χ2v) is 5.81. The molecule has 0 saturated heterocycles. The lowest BCUT2D eigenvalue weighted by Crippen LogP contribution is -2.47. The molecule has 0 aliphatic heterocycles. The van der Waals surface area contributed by atoms with Crippen LogP contribution in [0.4, 0.5) is 0 Å². The Balaban J connectivity index is 1.64. The Bertz CT molecular complexity index is 196. The zero-order valence-corrected chi connectivity index (χ0v) is 9.23. The van der Waals surface area contributed by atoms with Crippen LogP contribution in [0.5, 0.6) is 0 Å². The highest BCUT2D eigenvalue weighted by atomic mass is 15.0. The first-order valence-electron chi connectivity index (χ1n) is 6.65. The van der Waals surface area contributed by atoms with Crippen molar-refractivity contribution in [2.45, 2.75) is 76.3 Å². The van der Waals surface area contributed by atoms with Crippen molar-refractivity contribution in [2.24, 2.45) is 5.41 Å². The second kappa shape index (κ2) is 3.52. The van der Waals surface area contributed by atoms with Crippen LogP contribution in [0.15, 0.2) is 0 Å². The molecule has 1 N–H and O–H groups in total. The van der Waals surface area contributed by atoms with Crippen molar-refractivity contribution in [3.63, 3.8) is 0 Å². The lowest BCUT2D eigenvalue weighted by Gasteiger charge is -2.38. The zero-order chi connectivity index (χ0) is 9.43. The summed E-state index contributed by atoms with van der Waals surface area (Å²) in [6, 6.07) is 1.80. The van der Waals surface area contributed by atoms with Gasteiger partial charge in [-0.1, -0.05) is 25.7 Å². The van der Waals surface area contributed by atoms with Gasteiger partial charge in [0.25, 0.3) is 0 Å². The highest BCUT2D eigenvalue weighted by Crippen LogP contribution is 2.51. The van der Waals surface area contributed by atoms with Crippen molar-refractivity contribution in [1.82, 2.24) is 5.32 Å². The molecule has 3 rings (SSSR count). The van der Waals surface area contributed by atoms with Crippen LogP contribution in [-0.2, 0) is 0 Å². The fourth-order valence-corrected chi connectivity index (χ4v) is 3.94. The fourth-order valence-electron chi connectivity index (χ4n) is 3.94. The van der Waals surface area contributed by atoms with Crippen LogP contribution < -0.4 is 5.32 Å². The Labute approximate surface area is 87.7 Å². The summed E-state index contributed by atoms with van der Waals surface area (Å²) < 4.78 is 0. The van der Waals surface area contributed by atoms with Gasteiger partial charge in [-0.3, -0.25) is 0 Å². The molecule has 1 atom stereocenters. The Hall–Kier alpha value is -0.0400. The van der Waals surface area contributed by atoms with E-state index in [0.717, 1.165) is 17.5 Å². The molecule has 1 heteroatoms. The molecule has 80 valence electrons.